The molecule has 0 radical (unpaired) electrons. The van der Waals surface area contributed by atoms with Crippen molar-refractivity contribution in [2.24, 2.45) is 0 Å². The van der Waals surface area contributed by atoms with Crippen LogP contribution in [0.3, 0.4) is 0 Å². The highest BCUT2D eigenvalue weighted by molar-refractivity contribution is 6.03. The van der Waals surface area contributed by atoms with Crippen LogP contribution in [0.5, 0.6) is 11.5 Å². The Balaban J connectivity index is 1.58. The summed E-state index contributed by atoms with van der Waals surface area (Å²) < 4.78 is 11.0. The second kappa shape index (κ2) is 9.59. The summed E-state index contributed by atoms with van der Waals surface area (Å²) in [6.07, 6.45) is 1.77. The lowest BCUT2D eigenvalue weighted by molar-refractivity contribution is 0.102. The first-order chi connectivity index (χ1) is 14.0. The Kier molecular flexibility index (Phi) is 6.68. The summed E-state index contributed by atoms with van der Waals surface area (Å²) in [6.45, 7) is 6.51. The summed E-state index contributed by atoms with van der Waals surface area (Å²) in [7, 11) is 0. The van der Waals surface area contributed by atoms with E-state index in [1.165, 1.54) is 0 Å². The molecule has 0 atom stereocenters. The molecular weight excluding hydrogens is 366 g/mol. The third kappa shape index (κ3) is 5.97. The predicted octanol–water partition coefficient (Wildman–Crippen LogP) is 5.26. The molecule has 0 aliphatic heterocycles. The molecule has 0 aliphatic rings. The lowest BCUT2D eigenvalue weighted by atomic mass is 10.2. The molecule has 2 N–H and O–H groups in total. The van der Waals surface area contributed by atoms with Crippen molar-refractivity contribution in [3.63, 3.8) is 0 Å². The predicted molar refractivity (Wildman–Crippen MR) is 115 cm³/mol. The number of pyridine rings is 1. The van der Waals surface area contributed by atoms with Crippen molar-refractivity contribution in [2.75, 3.05) is 17.2 Å². The van der Waals surface area contributed by atoms with E-state index >= 15 is 0 Å². The zero-order chi connectivity index (χ0) is 20.6. The van der Waals surface area contributed by atoms with Crippen LogP contribution in [-0.4, -0.2) is 23.6 Å². The van der Waals surface area contributed by atoms with E-state index in [1.54, 1.807) is 24.4 Å². The molecule has 6 nitrogen and oxygen atoms in total. The Bertz CT molecular complexity index is 921. The Morgan fingerprint density at radius 3 is 2.10 bits per heavy atom. The molecule has 0 saturated carbocycles. The summed E-state index contributed by atoms with van der Waals surface area (Å²) in [5, 5.41) is 6.08. The van der Waals surface area contributed by atoms with Crippen LogP contribution >= 0.6 is 0 Å². The minimum atomic E-state index is -0.268. The second-order valence-electron chi connectivity index (χ2n) is 6.66. The zero-order valence-electron chi connectivity index (χ0n) is 16.8. The van der Waals surface area contributed by atoms with Gasteiger partial charge in [0.25, 0.3) is 5.91 Å². The smallest absolute Gasteiger partial charge is 0.274 e. The zero-order valence-corrected chi connectivity index (χ0v) is 16.8. The molecule has 2 aromatic carbocycles. The van der Waals surface area contributed by atoms with Gasteiger partial charge < -0.3 is 20.1 Å². The van der Waals surface area contributed by atoms with Crippen LogP contribution in [0.4, 0.5) is 17.1 Å². The van der Waals surface area contributed by atoms with E-state index in [0.29, 0.717) is 18.0 Å². The van der Waals surface area contributed by atoms with Crippen molar-refractivity contribution < 1.29 is 14.3 Å². The summed E-state index contributed by atoms with van der Waals surface area (Å²) in [5.74, 6) is 1.32. The number of nitrogens with one attached hydrogen (secondary N) is 2. The van der Waals surface area contributed by atoms with Gasteiger partial charge in [-0.2, -0.15) is 0 Å². The molecule has 0 bridgehead atoms. The van der Waals surface area contributed by atoms with E-state index in [9.17, 15) is 4.79 Å². The largest absolute Gasteiger partial charge is 0.494 e. The average molecular weight is 391 g/mol. The van der Waals surface area contributed by atoms with E-state index in [1.807, 2.05) is 63.2 Å². The summed E-state index contributed by atoms with van der Waals surface area (Å²) in [6, 6.07) is 18.4. The molecule has 3 aromatic rings. The minimum Gasteiger partial charge on any atom is -0.494 e. The number of anilines is 3. The monoisotopic (exact) mass is 391 g/mol. The van der Waals surface area contributed by atoms with E-state index in [2.05, 4.69) is 15.6 Å². The first kappa shape index (κ1) is 20.2. The van der Waals surface area contributed by atoms with E-state index in [4.69, 9.17) is 9.47 Å². The van der Waals surface area contributed by atoms with Crippen molar-refractivity contribution in [1.29, 1.82) is 0 Å². The number of carbonyl (C=O) groups is 1. The SMILES string of the molecule is CCOc1ccc(NC(=O)c2ccc(Nc3ccc(OC(C)C)cc3)cn2)cc1. The van der Waals surface area contributed by atoms with Crippen molar-refractivity contribution in [3.8, 4) is 11.5 Å². The van der Waals surface area contributed by atoms with Crippen LogP contribution in [0, 0.1) is 0 Å². The van der Waals surface area contributed by atoms with E-state index in [0.717, 1.165) is 22.9 Å². The number of rotatable bonds is 8. The topological polar surface area (TPSA) is 72.5 Å². The van der Waals surface area contributed by atoms with Gasteiger partial charge in [0.05, 0.1) is 24.6 Å². The van der Waals surface area contributed by atoms with Gasteiger partial charge in [-0.25, -0.2) is 4.98 Å². The van der Waals surface area contributed by atoms with Crippen LogP contribution < -0.4 is 20.1 Å². The second-order valence-corrected chi connectivity index (χ2v) is 6.66. The van der Waals surface area contributed by atoms with Gasteiger partial charge >= 0.3 is 0 Å². The fourth-order valence-electron chi connectivity index (χ4n) is 2.65. The molecular formula is C23H25N3O3. The van der Waals surface area contributed by atoms with E-state index in [-0.39, 0.29) is 12.0 Å². The highest BCUT2D eigenvalue weighted by atomic mass is 16.5. The van der Waals surface area contributed by atoms with E-state index < -0.39 is 0 Å². The summed E-state index contributed by atoms with van der Waals surface area (Å²) in [4.78, 5) is 16.6. The molecule has 3 rings (SSSR count). The van der Waals surface area contributed by atoms with Crippen molar-refractivity contribution >= 4 is 23.0 Å². The fraction of sp³-hybridized carbons (Fsp3) is 0.217. The number of aromatic nitrogens is 1. The minimum absolute atomic E-state index is 0.138. The van der Waals surface area contributed by atoms with Crippen LogP contribution in [0.2, 0.25) is 0 Å². The first-order valence-corrected chi connectivity index (χ1v) is 9.57. The maximum absolute atomic E-state index is 12.4. The van der Waals surface area contributed by atoms with Gasteiger partial charge in [-0.3, -0.25) is 4.79 Å². The lowest BCUT2D eigenvalue weighted by Crippen LogP contribution is -2.13. The first-order valence-electron chi connectivity index (χ1n) is 9.57. The van der Waals surface area contributed by atoms with Crippen molar-refractivity contribution in [3.05, 3.63) is 72.6 Å². The highest BCUT2D eigenvalue weighted by Crippen LogP contribution is 2.21. The van der Waals surface area contributed by atoms with Gasteiger partial charge in [0, 0.05) is 11.4 Å². The summed E-state index contributed by atoms with van der Waals surface area (Å²) in [5.41, 5.74) is 2.73. The summed E-state index contributed by atoms with van der Waals surface area (Å²) >= 11 is 0. The van der Waals surface area contributed by atoms with Gasteiger partial charge in [-0.1, -0.05) is 0 Å². The molecule has 6 heteroatoms. The molecule has 29 heavy (non-hydrogen) atoms. The van der Waals surface area contributed by atoms with Crippen LogP contribution in [0.25, 0.3) is 0 Å². The lowest BCUT2D eigenvalue weighted by Gasteiger charge is -2.11. The molecule has 0 spiro atoms. The number of hydrogen-bond donors (Lipinski definition) is 2. The number of hydrogen-bond acceptors (Lipinski definition) is 5. The number of amides is 1. The van der Waals surface area contributed by atoms with Crippen LogP contribution in [-0.2, 0) is 0 Å². The molecule has 1 aromatic heterocycles. The molecule has 1 amide bonds. The average Bonchev–Trinajstić information content (AvgIpc) is 2.71. The quantitative estimate of drug-likeness (QED) is 0.548. The molecule has 0 unspecified atom stereocenters. The van der Waals surface area contributed by atoms with Gasteiger partial charge in [-0.05, 0) is 81.4 Å². The molecule has 1 heterocycles. The molecule has 150 valence electrons. The van der Waals surface area contributed by atoms with Gasteiger partial charge in [0.15, 0.2) is 0 Å². The number of benzene rings is 2. The van der Waals surface area contributed by atoms with Crippen molar-refractivity contribution in [1.82, 2.24) is 4.98 Å². The molecule has 0 aliphatic carbocycles. The van der Waals surface area contributed by atoms with Crippen LogP contribution in [0.15, 0.2) is 66.9 Å². The standard InChI is InChI=1S/C23H25N3O3/c1-4-28-20-10-5-18(6-11-20)26-23(27)22-14-9-19(15-24-22)25-17-7-12-21(13-8-17)29-16(2)3/h5-16,25H,4H2,1-3H3,(H,26,27). The molecule has 0 fully saturated rings. The normalized spacial score (nSPS) is 10.5. The molecule has 0 saturated heterocycles. The Morgan fingerprint density at radius 2 is 1.52 bits per heavy atom. The number of carbonyl (C=O) groups excluding carboxylic acids is 1. The van der Waals surface area contributed by atoms with Gasteiger partial charge in [0.1, 0.15) is 17.2 Å². The van der Waals surface area contributed by atoms with Gasteiger partial charge in [-0.15, -0.1) is 0 Å². The Hall–Kier alpha value is -3.54. The maximum Gasteiger partial charge on any atom is 0.274 e. The van der Waals surface area contributed by atoms with Crippen LogP contribution in [0.1, 0.15) is 31.3 Å². The number of ether oxygens (including phenoxy) is 2. The highest BCUT2D eigenvalue weighted by Gasteiger charge is 2.08. The third-order valence-electron chi connectivity index (χ3n) is 3.93. The Morgan fingerprint density at radius 1 is 0.897 bits per heavy atom. The van der Waals surface area contributed by atoms with Gasteiger partial charge in [0.2, 0.25) is 0 Å². The fourth-order valence-corrected chi connectivity index (χ4v) is 2.65. The Labute approximate surface area is 170 Å². The number of nitrogens with zero attached hydrogens (tertiary/aromatic N) is 1. The van der Waals surface area contributed by atoms with Crippen molar-refractivity contribution in [2.45, 2.75) is 26.9 Å². The third-order valence-corrected chi connectivity index (χ3v) is 3.93. The maximum atomic E-state index is 12.4.